The van der Waals surface area contributed by atoms with Crippen molar-refractivity contribution in [3.63, 3.8) is 0 Å². The highest BCUT2D eigenvalue weighted by atomic mass is 19.1. The molecule has 1 aromatic heterocycles. The SMILES string of the molecule is O=C(Cn1nc(-c2ccc3c(c2)OCCO3)ccc1=O)Nc1ccc(F)cc1. The van der Waals surface area contributed by atoms with Crippen LogP contribution in [0.2, 0.25) is 0 Å². The molecule has 0 atom stereocenters. The van der Waals surface area contributed by atoms with Gasteiger partial charge in [0.15, 0.2) is 11.5 Å². The number of ether oxygens (including phenoxy) is 2. The van der Waals surface area contributed by atoms with Gasteiger partial charge in [0.25, 0.3) is 5.56 Å². The average molecular weight is 381 g/mol. The second kappa shape index (κ2) is 7.51. The summed E-state index contributed by atoms with van der Waals surface area (Å²) in [6.45, 7) is 0.695. The molecule has 0 aliphatic carbocycles. The van der Waals surface area contributed by atoms with Crippen molar-refractivity contribution in [3.05, 3.63) is 70.8 Å². The van der Waals surface area contributed by atoms with Crippen LogP contribution in [0.15, 0.2) is 59.4 Å². The molecule has 3 aromatic rings. The molecule has 4 rings (SSSR count). The van der Waals surface area contributed by atoms with Crippen molar-refractivity contribution in [2.24, 2.45) is 0 Å². The Labute approximate surface area is 159 Å². The lowest BCUT2D eigenvalue weighted by molar-refractivity contribution is -0.117. The Morgan fingerprint density at radius 2 is 1.79 bits per heavy atom. The standard InChI is InChI=1S/C20H16FN3O4/c21-14-2-4-15(5-3-14)22-19(25)12-24-20(26)8-6-16(23-24)13-1-7-17-18(11-13)28-10-9-27-17/h1-8,11H,9-10,12H2,(H,22,25). The molecule has 142 valence electrons. The number of fused-ring (bicyclic) bond motifs is 1. The molecule has 1 N–H and O–H groups in total. The molecular formula is C20H16FN3O4. The van der Waals surface area contributed by atoms with Crippen LogP contribution in [0.25, 0.3) is 11.3 Å². The monoisotopic (exact) mass is 381 g/mol. The first-order chi connectivity index (χ1) is 13.6. The molecule has 1 amide bonds. The molecule has 2 aromatic carbocycles. The Morgan fingerprint density at radius 1 is 1.04 bits per heavy atom. The van der Waals surface area contributed by atoms with E-state index in [4.69, 9.17) is 9.47 Å². The van der Waals surface area contributed by atoms with Crippen molar-refractivity contribution in [1.82, 2.24) is 9.78 Å². The third-order valence-electron chi connectivity index (χ3n) is 4.13. The van der Waals surface area contributed by atoms with Crippen molar-refractivity contribution < 1.29 is 18.7 Å². The van der Waals surface area contributed by atoms with Crippen LogP contribution in [0.5, 0.6) is 11.5 Å². The number of aromatic nitrogens is 2. The van der Waals surface area contributed by atoms with E-state index in [1.165, 1.54) is 30.3 Å². The van der Waals surface area contributed by atoms with Crippen molar-refractivity contribution in [3.8, 4) is 22.8 Å². The summed E-state index contributed by atoms with van der Waals surface area (Å²) < 4.78 is 25.1. The summed E-state index contributed by atoms with van der Waals surface area (Å²) in [4.78, 5) is 24.3. The summed E-state index contributed by atoms with van der Waals surface area (Å²) in [5, 5.41) is 6.88. The molecule has 0 radical (unpaired) electrons. The maximum Gasteiger partial charge on any atom is 0.267 e. The molecule has 1 aliphatic rings. The van der Waals surface area contributed by atoms with Gasteiger partial charge in [-0.05, 0) is 48.5 Å². The van der Waals surface area contributed by atoms with E-state index in [9.17, 15) is 14.0 Å². The predicted molar refractivity (Wildman–Crippen MR) is 100.0 cm³/mol. The van der Waals surface area contributed by atoms with Gasteiger partial charge in [0.2, 0.25) is 5.91 Å². The third-order valence-corrected chi connectivity index (χ3v) is 4.13. The van der Waals surface area contributed by atoms with Crippen LogP contribution >= 0.6 is 0 Å². The zero-order chi connectivity index (χ0) is 19.5. The first-order valence-corrected chi connectivity index (χ1v) is 8.62. The highest BCUT2D eigenvalue weighted by Gasteiger charge is 2.14. The van der Waals surface area contributed by atoms with Crippen LogP contribution in [-0.4, -0.2) is 28.9 Å². The summed E-state index contributed by atoms with van der Waals surface area (Å²) in [5.74, 6) is 0.419. The van der Waals surface area contributed by atoms with Crippen LogP contribution in [0, 0.1) is 5.82 Å². The molecule has 2 heterocycles. The minimum Gasteiger partial charge on any atom is -0.486 e. The van der Waals surface area contributed by atoms with Gasteiger partial charge in [-0.25, -0.2) is 9.07 Å². The number of benzene rings is 2. The van der Waals surface area contributed by atoms with Crippen molar-refractivity contribution in [1.29, 1.82) is 0 Å². The number of carbonyl (C=O) groups is 1. The molecule has 0 fully saturated rings. The highest BCUT2D eigenvalue weighted by Crippen LogP contribution is 2.33. The molecule has 1 aliphatic heterocycles. The lowest BCUT2D eigenvalue weighted by Crippen LogP contribution is -2.29. The zero-order valence-corrected chi connectivity index (χ0v) is 14.7. The Morgan fingerprint density at radius 3 is 2.57 bits per heavy atom. The van der Waals surface area contributed by atoms with E-state index < -0.39 is 17.3 Å². The van der Waals surface area contributed by atoms with E-state index in [0.717, 1.165) is 10.2 Å². The van der Waals surface area contributed by atoms with E-state index in [0.29, 0.717) is 36.1 Å². The van der Waals surface area contributed by atoms with Crippen molar-refractivity contribution >= 4 is 11.6 Å². The van der Waals surface area contributed by atoms with Gasteiger partial charge in [0, 0.05) is 17.3 Å². The van der Waals surface area contributed by atoms with Gasteiger partial charge in [0.1, 0.15) is 25.6 Å². The molecule has 7 nitrogen and oxygen atoms in total. The normalized spacial score (nSPS) is 12.5. The summed E-state index contributed by atoms with van der Waals surface area (Å²) >= 11 is 0. The second-order valence-corrected chi connectivity index (χ2v) is 6.13. The smallest absolute Gasteiger partial charge is 0.267 e. The Hall–Kier alpha value is -3.68. The van der Waals surface area contributed by atoms with Gasteiger partial charge >= 0.3 is 0 Å². The van der Waals surface area contributed by atoms with E-state index in [1.807, 2.05) is 6.07 Å². The fourth-order valence-corrected chi connectivity index (χ4v) is 2.79. The van der Waals surface area contributed by atoms with E-state index in [-0.39, 0.29) is 6.54 Å². The molecule has 0 spiro atoms. The quantitative estimate of drug-likeness (QED) is 0.751. The van der Waals surface area contributed by atoms with Crippen molar-refractivity contribution in [2.45, 2.75) is 6.54 Å². The molecule has 0 saturated heterocycles. The number of nitrogens with one attached hydrogen (secondary N) is 1. The van der Waals surface area contributed by atoms with E-state index in [1.54, 1.807) is 18.2 Å². The fourth-order valence-electron chi connectivity index (χ4n) is 2.79. The third kappa shape index (κ3) is 3.85. The molecule has 0 bridgehead atoms. The van der Waals surface area contributed by atoms with Gasteiger partial charge in [0.05, 0.1) is 5.69 Å². The second-order valence-electron chi connectivity index (χ2n) is 6.13. The van der Waals surface area contributed by atoms with Gasteiger partial charge in [-0.3, -0.25) is 9.59 Å². The Balaban J connectivity index is 1.54. The Bertz CT molecular complexity index is 1080. The number of rotatable bonds is 4. The Kier molecular flexibility index (Phi) is 4.76. The van der Waals surface area contributed by atoms with Crippen LogP contribution < -0.4 is 20.3 Å². The van der Waals surface area contributed by atoms with Crippen LogP contribution in [0.4, 0.5) is 10.1 Å². The number of amides is 1. The van der Waals surface area contributed by atoms with Crippen molar-refractivity contribution in [2.75, 3.05) is 18.5 Å². The van der Waals surface area contributed by atoms with Gasteiger partial charge in [-0.2, -0.15) is 5.10 Å². The van der Waals surface area contributed by atoms with E-state index in [2.05, 4.69) is 10.4 Å². The number of carbonyl (C=O) groups excluding carboxylic acids is 1. The highest BCUT2D eigenvalue weighted by molar-refractivity contribution is 5.90. The molecule has 28 heavy (non-hydrogen) atoms. The number of hydrogen-bond acceptors (Lipinski definition) is 5. The minimum absolute atomic E-state index is 0.269. The number of halogens is 1. The number of hydrogen-bond donors (Lipinski definition) is 1. The van der Waals surface area contributed by atoms with Gasteiger partial charge < -0.3 is 14.8 Å². The molecule has 0 saturated carbocycles. The molecule has 0 unspecified atom stereocenters. The number of nitrogens with zero attached hydrogens (tertiary/aromatic N) is 2. The van der Waals surface area contributed by atoms with Crippen LogP contribution in [-0.2, 0) is 11.3 Å². The van der Waals surface area contributed by atoms with Gasteiger partial charge in [-0.15, -0.1) is 0 Å². The average Bonchev–Trinajstić information content (AvgIpc) is 2.71. The number of anilines is 1. The first-order valence-electron chi connectivity index (χ1n) is 8.62. The maximum absolute atomic E-state index is 13.0. The fraction of sp³-hybridized carbons (Fsp3) is 0.150. The summed E-state index contributed by atoms with van der Waals surface area (Å²) in [7, 11) is 0. The molecule has 8 heteroatoms. The van der Waals surface area contributed by atoms with Gasteiger partial charge in [-0.1, -0.05) is 0 Å². The van der Waals surface area contributed by atoms with E-state index >= 15 is 0 Å². The summed E-state index contributed by atoms with van der Waals surface area (Å²) in [6.07, 6.45) is 0. The lowest BCUT2D eigenvalue weighted by atomic mass is 10.1. The topological polar surface area (TPSA) is 82.5 Å². The van der Waals surface area contributed by atoms with Crippen LogP contribution in [0.3, 0.4) is 0 Å². The summed E-state index contributed by atoms with van der Waals surface area (Å²) in [5.41, 5.74) is 1.28. The van der Waals surface area contributed by atoms with Crippen LogP contribution in [0.1, 0.15) is 0 Å². The first kappa shape index (κ1) is 17.7. The minimum atomic E-state index is -0.444. The molecular weight excluding hydrogens is 365 g/mol. The zero-order valence-electron chi connectivity index (χ0n) is 14.7. The lowest BCUT2D eigenvalue weighted by Gasteiger charge is -2.18. The maximum atomic E-state index is 13.0. The predicted octanol–water partition coefficient (Wildman–Crippen LogP) is 2.46. The largest absolute Gasteiger partial charge is 0.486 e. The summed E-state index contributed by atoms with van der Waals surface area (Å²) in [6, 6.07) is 13.7.